The summed E-state index contributed by atoms with van der Waals surface area (Å²) in [5.74, 6) is 1.11. The third-order valence-electron chi connectivity index (χ3n) is 3.89. The van der Waals surface area contributed by atoms with Gasteiger partial charge in [-0.3, -0.25) is 4.90 Å². The summed E-state index contributed by atoms with van der Waals surface area (Å²) in [5.41, 5.74) is 1.24. The number of hydrogen-bond donors (Lipinski definition) is 1. The number of aliphatic hydroxyl groups is 1. The van der Waals surface area contributed by atoms with Crippen LogP contribution in [0.3, 0.4) is 0 Å². The van der Waals surface area contributed by atoms with Crippen molar-refractivity contribution in [3.63, 3.8) is 0 Å². The normalized spacial score (nSPS) is 24.9. The fraction of sp³-hybridized carbons (Fsp3) is 0.643. The molecule has 4 heteroatoms. The quantitative estimate of drug-likeness (QED) is 0.872. The predicted octanol–water partition coefficient (Wildman–Crippen LogP) is 1.25. The van der Waals surface area contributed by atoms with Crippen LogP contribution in [0.4, 0.5) is 5.82 Å². The van der Waals surface area contributed by atoms with Crippen molar-refractivity contribution >= 4 is 5.82 Å². The maximum absolute atomic E-state index is 9.50. The van der Waals surface area contributed by atoms with Crippen LogP contribution in [-0.2, 0) is 6.54 Å². The summed E-state index contributed by atoms with van der Waals surface area (Å²) in [6.45, 7) is 4.99. The highest BCUT2D eigenvalue weighted by molar-refractivity contribution is 5.40. The Morgan fingerprint density at radius 3 is 2.67 bits per heavy atom. The van der Waals surface area contributed by atoms with Gasteiger partial charge in [-0.2, -0.15) is 0 Å². The number of aliphatic hydroxyl groups excluding tert-OH is 1. The molecular formula is C14H21N3O. The molecule has 1 atom stereocenters. The molecule has 0 radical (unpaired) electrons. The van der Waals surface area contributed by atoms with Gasteiger partial charge in [-0.05, 0) is 30.9 Å². The second kappa shape index (κ2) is 5.24. The zero-order chi connectivity index (χ0) is 12.4. The molecule has 3 heterocycles. The van der Waals surface area contributed by atoms with Crippen molar-refractivity contribution in [3.05, 3.63) is 23.9 Å². The number of pyridine rings is 1. The van der Waals surface area contributed by atoms with Crippen molar-refractivity contribution in [2.75, 3.05) is 31.1 Å². The average molecular weight is 247 g/mol. The lowest BCUT2D eigenvalue weighted by Gasteiger charge is -2.18. The van der Waals surface area contributed by atoms with E-state index in [0.29, 0.717) is 0 Å². The van der Waals surface area contributed by atoms with Gasteiger partial charge in [0.25, 0.3) is 0 Å². The molecule has 0 spiro atoms. The Morgan fingerprint density at radius 1 is 1.22 bits per heavy atom. The van der Waals surface area contributed by atoms with Crippen molar-refractivity contribution in [1.29, 1.82) is 0 Å². The molecule has 3 rings (SSSR count). The monoisotopic (exact) mass is 247 g/mol. The van der Waals surface area contributed by atoms with E-state index < -0.39 is 0 Å². The molecule has 0 saturated carbocycles. The second-order valence-electron chi connectivity index (χ2n) is 5.40. The molecule has 0 unspecified atom stereocenters. The molecule has 2 fully saturated rings. The Balaban J connectivity index is 1.60. The van der Waals surface area contributed by atoms with E-state index in [4.69, 9.17) is 0 Å². The number of nitrogens with zero attached hydrogens (tertiary/aromatic N) is 3. The Labute approximate surface area is 108 Å². The molecule has 0 aliphatic carbocycles. The summed E-state index contributed by atoms with van der Waals surface area (Å²) in [6, 6.07) is 4.30. The molecule has 0 aromatic carbocycles. The van der Waals surface area contributed by atoms with Gasteiger partial charge in [0.05, 0.1) is 6.10 Å². The van der Waals surface area contributed by atoms with Crippen LogP contribution in [0.1, 0.15) is 24.8 Å². The van der Waals surface area contributed by atoms with Crippen LogP contribution in [0.15, 0.2) is 18.3 Å². The zero-order valence-corrected chi connectivity index (χ0v) is 10.8. The highest BCUT2D eigenvalue weighted by Gasteiger charge is 2.20. The van der Waals surface area contributed by atoms with Gasteiger partial charge in [-0.15, -0.1) is 0 Å². The second-order valence-corrected chi connectivity index (χ2v) is 5.40. The first-order chi connectivity index (χ1) is 8.81. The largest absolute Gasteiger partial charge is 0.392 e. The minimum atomic E-state index is -0.137. The summed E-state index contributed by atoms with van der Waals surface area (Å²) in [4.78, 5) is 9.20. The first-order valence-corrected chi connectivity index (χ1v) is 6.91. The third kappa shape index (κ3) is 2.65. The molecule has 1 aromatic heterocycles. The first-order valence-electron chi connectivity index (χ1n) is 6.91. The Bertz CT molecular complexity index is 387. The molecule has 4 nitrogen and oxygen atoms in total. The molecule has 18 heavy (non-hydrogen) atoms. The first kappa shape index (κ1) is 11.9. The van der Waals surface area contributed by atoms with Crippen LogP contribution in [0.5, 0.6) is 0 Å². The summed E-state index contributed by atoms with van der Waals surface area (Å²) >= 11 is 0. The molecule has 0 bridgehead atoms. The number of likely N-dealkylation sites (tertiary alicyclic amines) is 1. The van der Waals surface area contributed by atoms with Gasteiger partial charge < -0.3 is 10.0 Å². The maximum Gasteiger partial charge on any atom is 0.128 e. The Hall–Kier alpha value is -1.13. The van der Waals surface area contributed by atoms with E-state index in [1.807, 2.05) is 6.20 Å². The van der Waals surface area contributed by atoms with E-state index in [9.17, 15) is 5.11 Å². The number of aromatic nitrogens is 1. The van der Waals surface area contributed by atoms with Gasteiger partial charge in [0.2, 0.25) is 0 Å². The van der Waals surface area contributed by atoms with Gasteiger partial charge in [0.1, 0.15) is 5.82 Å². The molecule has 2 aliphatic heterocycles. The molecular weight excluding hydrogens is 226 g/mol. The lowest BCUT2D eigenvalue weighted by atomic mass is 10.2. The molecule has 2 aliphatic rings. The van der Waals surface area contributed by atoms with Crippen molar-refractivity contribution in [1.82, 2.24) is 9.88 Å². The smallest absolute Gasteiger partial charge is 0.128 e. The van der Waals surface area contributed by atoms with Crippen LogP contribution in [0.2, 0.25) is 0 Å². The Morgan fingerprint density at radius 2 is 2.06 bits per heavy atom. The third-order valence-corrected chi connectivity index (χ3v) is 3.89. The number of anilines is 1. The minimum absolute atomic E-state index is 0.137. The summed E-state index contributed by atoms with van der Waals surface area (Å²) in [6.07, 6.45) is 5.32. The van der Waals surface area contributed by atoms with Gasteiger partial charge in [0.15, 0.2) is 0 Å². The van der Waals surface area contributed by atoms with Gasteiger partial charge in [0, 0.05) is 38.9 Å². The van der Waals surface area contributed by atoms with Crippen molar-refractivity contribution in [2.45, 2.75) is 31.9 Å². The molecule has 1 N–H and O–H groups in total. The topological polar surface area (TPSA) is 39.6 Å². The maximum atomic E-state index is 9.50. The lowest BCUT2D eigenvalue weighted by molar-refractivity contribution is 0.175. The van der Waals surface area contributed by atoms with Crippen molar-refractivity contribution < 1.29 is 5.11 Å². The van der Waals surface area contributed by atoms with Crippen molar-refractivity contribution in [3.8, 4) is 0 Å². The van der Waals surface area contributed by atoms with Crippen LogP contribution in [0.25, 0.3) is 0 Å². The molecule has 2 saturated heterocycles. The van der Waals surface area contributed by atoms with Gasteiger partial charge in [-0.1, -0.05) is 6.07 Å². The van der Waals surface area contributed by atoms with E-state index in [1.54, 1.807) is 0 Å². The minimum Gasteiger partial charge on any atom is -0.392 e. The number of rotatable bonds is 3. The standard InChI is InChI=1S/C14H21N3O/c18-13-5-8-16(11-13)10-12-3-4-14(15-9-12)17-6-1-2-7-17/h3-4,9,13,18H,1-2,5-8,10-11H2/t13-/m1/s1. The molecule has 98 valence electrons. The SMILES string of the molecule is O[C@@H]1CCN(Cc2ccc(N3CCCC3)nc2)C1. The van der Waals surface area contributed by atoms with Crippen LogP contribution < -0.4 is 4.90 Å². The highest BCUT2D eigenvalue weighted by atomic mass is 16.3. The Kier molecular flexibility index (Phi) is 3.48. The molecule has 0 amide bonds. The lowest BCUT2D eigenvalue weighted by Crippen LogP contribution is -2.22. The summed E-state index contributed by atoms with van der Waals surface area (Å²) in [7, 11) is 0. The predicted molar refractivity (Wildman–Crippen MR) is 71.6 cm³/mol. The highest BCUT2D eigenvalue weighted by Crippen LogP contribution is 2.19. The van der Waals surface area contributed by atoms with E-state index in [0.717, 1.165) is 45.0 Å². The fourth-order valence-electron chi connectivity index (χ4n) is 2.86. The number of hydrogen-bond acceptors (Lipinski definition) is 4. The van der Waals surface area contributed by atoms with E-state index in [2.05, 4.69) is 26.9 Å². The zero-order valence-electron chi connectivity index (χ0n) is 10.8. The van der Waals surface area contributed by atoms with E-state index in [1.165, 1.54) is 18.4 Å². The van der Waals surface area contributed by atoms with E-state index >= 15 is 0 Å². The van der Waals surface area contributed by atoms with Crippen LogP contribution >= 0.6 is 0 Å². The van der Waals surface area contributed by atoms with Crippen LogP contribution in [0, 0.1) is 0 Å². The molecule has 1 aromatic rings. The number of β-amino-alcohol motifs (C(OH)–C–C–N with tert-alkyl or cyclic N) is 1. The van der Waals surface area contributed by atoms with Crippen LogP contribution in [-0.4, -0.2) is 47.3 Å². The summed E-state index contributed by atoms with van der Waals surface area (Å²) < 4.78 is 0. The average Bonchev–Trinajstić information content (AvgIpc) is 3.02. The van der Waals surface area contributed by atoms with Crippen molar-refractivity contribution in [2.24, 2.45) is 0 Å². The van der Waals surface area contributed by atoms with Gasteiger partial charge in [-0.25, -0.2) is 4.98 Å². The summed E-state index contributed by atoms with van der Waals surface area (Å²) in [5, 5.41) is 9.50. The van der Waals surface area contributed by atoms with Gasteiger partial charge >= 0.3 is 0 Å². The fourth-order valence-corrected chi connectivity index (χ4v) is 2.86. The van der Waals surface area contributed by atoms with E-state index in [-0.39, 0.29) is 6.10 Å².